The molecule has 1 aliphatic rings. The van der Waals surface area contributed by atoms with Crippen molar-refractivity contribution in [3.8, 4) is 0 Å². The summed E-state index contributed by atoms with van der Waals surface area (Å²) >= 11 is 5.99. The molecule has 0 aliphatic carbocycles. The molecule has 3 rings (SSSR count). The van der Waals surface area contributed by atoms with E-state index >= 15 is 0 Å². The highest BCUT2D eigenvalue weighted by molar-refractivity contribution is 6.30. The molecular formula is C16H14ClN5O2. The molecule has 0 fully saturated rings. The van der Waals surface area contributed by atoms with Gasteiger partial charge in [0.15, 0.2) is 0 Å². The van der Waals surface area contributed by atoms with Crippen molar-refractivity contribution in [1.29, 1.82) is 0 Å². The van der Waals surface area contributed by atoms with Gasteiger partial charge in [0.05, 0.1) is 17.7 Å². The third-order valence-electron chi connectivity index (χ3n) is 3.60. The largest absolute Gasteiger partial charge is 0.314 e. The molecular weight excluding hydrogens is 330 g/mol. The second-order valence-electron chi connectivity index (χ2n) is 5.19. The van der Waals surface area contributed by atoms with Crippen LogP contribution >= 0.6 is 11.6 Å². The molecule has 2 aromatic rings. The van der Waals surface area contributed by atoms with Gasteiger partial charge in [-0.1, -0.05) is 11.6 Å². The lowest BCUT2D eigenvalue weighted by Crippen LogP contribution is -2.38. The van der Waals surface area contributed by atoms with Gasteiger partial charge in [-0.3, -0.25) is 10.1 Å². The molecule has 0 unspecified atom stereocenters. The number of guanidine groups is 1. The molecule has 0 spiro atoms. The lowest BCUT2D eigenvalue weighted by Gasteiger charge is -2.26. The first-order chi connectivity index (χ1) is 11.5. The standard InChI is InChI=1S/C16H14ClN5O2/c1-21-15-7-4-13(17)8-12(15)10-18-16(21)20-19-9-11-2-5-14(6-3-11)22(23)24/h2-9H,10H2,1H3,(H,18,20)/b19-9+. The number of non-ortho nitro benzene ring substituents is 1. The van der Waals surface area contributed by atoms with Crippen LogP contribution in [-0.4, -0.2) is 24.1 Å². The van der Waals surface area contributed by atoms with E-state index in [-0.39, 0.29) is 5.69 Å². The summed E-state index contributed by atoms with van der Waals surface area (Å²) in [6, 6.07) is 11.8. The number of hydrazone groups is 1. The lowest BCUT2D eigenvalue weighted by molar-refractivity contribution is -0.384. The highest BCUT2D eigenvalue weighted by Crippen LogP contribution is 2.27. The highest BCUT2D eigenvalue weighted by Gasteiger charge is 2.17. The molecule has 7 nitrogen and oxygen atoms in total. The van der Waals surface area contributed by atoms with Crippen molar-refractivity contribution < 1.29 is 4.92 Å². The fraction of sp³-hybridized carbons (Fsp3) is 0.125. The molecule has 122 valence electrons. The Hall–Kier alpha value is -2.93. The minimum atomic E-state index is -0.436. The summed E-state index contributed by atoms with van der Waals surface area (Å²) in [7, 11) is 1.89. The summed E-state index contributed by atoms with van der Waals surface area (Å²) in [5.74, 6) is 0.614. The van der Waals surface area contributed by atoms with Gasteiger partial charge in [0.1, 0.15) is 0 Å². The van der Waals surface area contributed by atoms with Gasteiger partial charge in [-0.15, -0.1) is 0 Å². The average Bonchev–Trinajstić information content (AvgIpc) is 2.57. The minimum Gasteiger partial charge on any atom is -0.314 e. The number of benzene rings is 2. The maximum absolute atomic E-state index is 10.6. The quantitative estimate of drug-likeness (QED) is 0.527. The number of halogens is 1. The number of hydrogen-bond acceptors (Lipinski definition) is 6. The van der Waals surface area contributed by atoms with E-state index < -0.39 is 4.92 Å². The predicted molar refractivity (Wildman–Crippen MR) is 94.8 cm³/mol. The van der Waals surface area contributed by atoms with E-state index in [0.29, 0.717) is 17.5 Å². The van der Waals surface area contributed by atoms with Crippen molar-refractivity contribution in [2.45, 2.75) is 6.54 Å². The Kier molecular flexibility index (Phi) is 4.43. The van der Waals surface area contributed by atoms with Crippen molar-refractivity contribution >= 4 is 35.1 Å². The minimum absolute atomic E-state index is 0.0479. The summed E-state index contributed by atoms with van der Waals surface area (Å²) in [6.45, 7) is 0.523. The molecule has 0 saturated carbocycles. The van der Waals surface area contributed by atoms with Crippen molar-refractivity contribution in [2.75, 3.05) is 11.9 Å². The second-order valence-corrected chi connectivity index (χ2v) is 5.63. The number of nitrogens with zero attached hydrogens (tertiary/aromatic N) is 4. The number of nitrogens with one attached hydrogen (secondary N) is 1. The van der Waals surface area contributed by atoms with Gasteiger partial charge in [0.25, 0.3) is 5.69 Å². The molecule has 0 saturated heterocycles. The fourth-order valence-electron chi connectivity index (χ4n) is 2.35. The van der Waals surface area contributed by atoms with Gasteiger partial charge >= 0.3 is 0 Å². The van der Waals surface area contributed by atoms with Crippen molar-refractivity contribution in [2.24, 2.45) is 10.1 Å². The Labute approximate surface area is 143 Å². The molecule has 0 amide bonds. The van der Waals surface area contributed by atoms with Crippen LogP contribution in [0.25, 0.3) is 0 Å². The predicted octanol–water partition coefficient (Wildman–Crippen LogP) is 3.18. The smallest absolute Gasteiger partial charge is 0.269 e. The number of nitro benzene ring substituents is 1. The first-order valence-corrected chi connectivity index (χ1v) is 7.52. The second kappa shape index (κ2) is 6.67. The molecule has 0 bridgehead atoms. The molecule has 2 aromatic carbocycles. The van der Waals surface area contributed by atoms with Crippen molar-refractivity contribution in [1.82, 2.24) is 5.43 Å². The van der Waals surface area contributed by atoms with Crippen LogP contribution in [0.1, 0.15) is 11.1 Å². The van der Waals surface area contributed by atoms with Gasteiger partial charge < -0.3 is 4.90 Å². The molecule has 0 atom stereocenters. The molecule has 1 aliphatic heterocycles. The molecule has 0 radical (unpaired) electrons. The monoisotopic (exact) mass is 343 g/mol. The van der Waals surface area contributed by atoms with E-state index in [1.807, 2.05) is 30.1 Å². The van der Waals surface area contributed by atoms with Crippen LogP contribution in [-0.2, 0) is 6.54 Å². The van der Waals surface area contributed by atoms with E-state index in [9.17, 15) is 10.1 Å². The van der Waals surface area contributed by atoms with Crippen LogP contribution < -0.4 is 10.3 Å². The first kappa shape index (κ1) is 15.9. The van der Waals surface area contributed by atoms with Gasteiger partial charge in [-0.2, -0.15) is 5.10 Å². The maximum Gasteiger partial charge on any atom is 0.269 e. The van der Waals surface area contributed by atoms with Gasteiger partial charge in [0.2, 0.25) is 5.96 Å². The zero-order valence-electron chi connectivity index (χ0n) is 12.8. The van der Waals surface area contributed by atoms with Crippen LogP contribution in [0.15, 0.2) is 52.6 Å². The Bertz CT molecular complexity index is 833. The van der Waals surface area contributed by atoms with Gasteiger partial charge in [0, 0.05) is 29.9 Å². The zero-order valence-corrected chi connectivity index (χ0v) is 13.6. The SMILES string of the molecule is CN1C(N/N=C/c2ccc([N+](=O)[O-])cc2)=NCc2cc(Cl)ccc21. The average molecular weight is 344 g/mol. The lowest BCUT2D eigenvalue weighted by atomic mass is 10.1. The fourth-order valence-corrected chi connectivity index (χ4v) is 2.54. The van der Waals surface area contributed by atoms with E-state index in [1.165, 1.54) is 12.1 Å². The third-order valence-corrected chi connectivity index (χ3v) is 3.84. The number of rotatable bonds is 3. The van der Waals surface area contributed by atoms with Crippen LogP contribution in [0.2, 0.25) is 5.02 Å². The van der Waals surface area contributed by atoms with Crippen LogP contribution in [0.3, 0.4) is 0 Å². The normalized spacial score (nSPS) is 13.6. The molecule has 0 aromatic heterocycles. The van der Waals surface area contributed by atoms with E-state index in [2.05, 4.69) is 15.5 Å². The molecule has 24 heavy (non-hydrogen) atoms. The van der Waals surface area contributed by atoms with Gasteiger partial charge in [-0.25, -0.2) is 10.4 Å². The summed E-state index contributed by atoms with van der Waals surface area (Å²) < 4.78 is 0. The van der Waals surface area contributed by atoms with E-state index in [0.717, 1.165) is 16.8 Å². The first-order valence-electron chi connectivity index (χ1n) is 7.15. The van der Waals surface area contributed by atoms with Crippen LogP contribution in [0.4, 0.5) is 11.4 Å². The number of fused-ring (bicyclic) bond motifs is 1. The van der Waals surface area contributed by atoms with E-state index in [1.54, 1.807) is 18.3 Å². The summed E-state index contributed by atoms with van der Waals surface area (Å²) in [5.41, 5.74) is 5.76. The Morgan fingerprint density at radius 2 is 2.08 bits per heavy atom. The zero-order chi connectivity index (χ0) is 17.1. The number of nitro groups is 1. The van der Waals surface area contributed by atoms with Crippen LogP contribution in [0.5, 0.6) is 0 Å². The van der Waals surface area contributed by atoms with Gasteiger partial charge in [-0.05, 0) is 41.5 Å². The molecule has 1 heterocycles. The van der Waals surface area contributed by atoms with E-state index in [4.69, 9.17) is 11.6 Å². The highest BCUT2D eigenvalue weighted by atomic mass is 35.5. The molecule has 1 N–H and O–H groups in total. The van der Waals surface area contributed by atoms with Crippen molar-refractivity contribution in [3.05, 3.63) is 68.7 Å². The van der Waals surface area contributed by atoms with Crippen molar-refractivity contribution in [3.63, 3.8) is 0 Å². The maximum atomic E-state index is 10.6. The van der Waals surface area contributed by atoms with Crippen LogP contribution in [0, 0.1) is 10.1 Å². The molecule has 8 heteroatoms. The third kappa shape index (κ3) is 3.36. The number of hydrogen-bond donors (Lipinski definition) is 1. The Morgan fingerprint density at radius 3 is 2.79 bits per heavy atom. The Morgan fingerprint density at radius 1 is 1.33 bits per heavy atom. The topological polar surface area (TPSA) is 83.1 Å². The summed E-state index contributed by atoms with van der Waals surface area (Å²) in [4.78, 5) is 16.5. The summed E-state index contributed by atoms with van der Waals surface area (Å²) in [6.07, 6.45) is 1.58. The number of anilines is 1. The number of aliphatic imine (C=N–C) groups is 1. The summed E-state index contributed by atoms with van der Waals surface area (Å²) in [5, 5.41) is 15.4. The Balaban J connectivity index is 1.67.